The molecule has 1 N–H and O–H groups in total. The third kappa shape index (κ3) is 3.11. The van der Waals surface area contributed by atoms with E-state index in [-0.39, 0.29) is 12.1 Å². The fourth-order valence-electron chi connectivity index (χ4n) is 3.13. The third-order valence-corrected chi connectivity index (χ3v) is 4.50. The Hall–Kier alpha value is -2.24. The average molecular weight is 317 g/mol. The highest BCUT2D eigenvalue weighted by atomic mass is 16.5. The average Bonchev–Trinajstić information content (AvgIpc) is 3.18. The zero-order valence-electron chi connectivity index (χ0n) is 13.8. The van der Waals surface area contributed by atoms with Crippen molar-refractivity contribution in [3.05, 3.63) is 35.6 Å². The van der Waals surface area contributed by atoms with Crippen molar-refractivity contribution >= 4 is 11.7 Å². The minimum atomic E-state index is -0.126. The highest BCUT2D eigenvalue weighted by Crippen LogP contribution is 2.35. The van der Waals surface area contributed by atoms with Crippen LogP contribution in [0.15, 0.2) is 27.3 Å². The van der Waals surface area contributed by atoms with E-state index < -0.39 is 0 Å². The monoisotopic (exact) mass is 317 g/mol. The molecule has 0 saturated carbocycles. The predicted octanol–water partition coefficient (Wildman–Crippen LogP) is 4.14. The first-order valence-corrected chi connectivity index (χ1v) is 8.16. The van der Waals surface area contributed by atoms with Crippen LogP contribution < -0.4 is 5.32 Å². The molecule has 23 heavy (non-hydrogen) atoms. The van der Waals surface area contributed by atoms with Crippen LogP contribution in [0.25, 0.3) is 0 Å². The number of likely N-dealkylation sites (tertiary alicyclic amines) is 1. The minimum Gasteiger partial charge on any atom is -0.467 e. The Bertz CT molecular complexity index is 663. The topological polar surface area (TPSA) is 71.5 Å². The maximum absolute atomic E-state index is 12.8. The molecule has 1 aliphatic rings. The summed E-state index contributed by atoms with van der Waals surface area (Å²) < 4.78 is 10.7. The number of amides is 2. The van der Waals surface area contributed by atoms with Crippen molar-refractivity contribution in [2.24, 2.45) is 5.92 Å². The summed E-state index contributed by atoms with van der Waals surface area (Å²) in [5, 5.41) is 6.96. The normalized spacial score (nSPS) is 21.4. The molecule has 6 heteroatoms. The Kier molecular flexibility index (Phi) is 4.41. The highest BCUT2D eigenvalue weighted by molar-refractivity contribution is 5.90. The van der Waals surface area contributed by atoms with E-state index >= 15 is 0 Å². The van der Waals surface area contributed by atoms with Gasteiger partial charge in [-0.05, 0) is 44.2 Å². The standard InChI is InChI=1S/C17H23N3O3/c1-4-13-16(12(3)23-19-13)18-17(21)20-8-7-11(2)10-14(20)15-6-5-9-22-15/h5-6,9,11,14H,4,7-8,10H2,1-3H3,(H,18,21)/t11-,14+/m1/s1. The molecule has 6 nitrogen and oxygen atoms in total. The number of carbonyl (C=O) groups excluding carboxylic acids is 1. The van der Waals surface area contributed by atoms with Gasteiger partial charge in [0.1, 0.15) is 17.1 Å². The lowest BCUT2D eigenvalue weighted by Crippen LogP contribution is -2.43. The third-order valence-electron chi connectivity index (χ3n) is 4.50. The molecular weight excluding hydrogens is 294 g/mol. The molecule has 2 amide bonds. The van der Waals surface area contributed by atoms with Crippen molar-refractivity contribution in [1.29, 1.82) is 0 Å². The van der Waals surface area contributed by atoms with Crippen LogP contribution in [0.3, 0.4) is 0 Å². The van der Waals surface area contributed by atoms with E-state index in [0.717, 1.165) is 24.3 Å². The number of furan rings is 1. The van der Waals surface area contributed by atoms with E-state index in [1.165, 1.54) is 0 Å². The summed E-state index contributed by atoms with van der Waals surface area (Å²) in [4.78, 5) is 14.7. The van der Waals surface area contributed by atoms with E-state index in [1.54, 1.807) is 6.26 Å². The molecule has 1 saturated heterocycles. The largest absolute Gasteiger partial charge is 0.467 e. The first-order chi connectivity index (χ1) is 11.1. The molecule has 0 aromatic carbocycles. The molecule has 0 aliphatic carbocycles. The molecule has 2 atom stereocenters. The Labute approximate surface area is 135 Å². The molecule has 124 valence electrons. The van der Waals surface area contributed by atoms with Crippen LogP contribution in [0.5, 0.6) is 0 Å². The number of anilines is 1. The van der Waals surface area contributed by atoms with Gasteiger partial charge in [0.05, 0.1) is 12.3 Å². The lowest BCUT2D eigenvalue weighted by molar-refractivity contribution is 0.129. The Morgan fingerprint density at radius 2 is 2.35 bits per heavy atom. The zero-order chi connectivity index (χ0) is 16.4. The number of rotatable bonds is 3. The second kappa shape index (κ2) is 6.48. The smallest absolute Gasteiger partial charge is 0.322 e. The Balaban J connectivity index is 1.80. The summed E-state index contributed by atoms with van der Waals surface area (Å²) >= 11 is 0. The molecule has 3 heterocycles. The van der Waals surface area contributed by atoms with Crippen molar-refractivity contribution in [2.75, 3.05) is 11.9 Å². The molecule has 1 fully saturated rings. The summed E-state index contributed by atoms with van der Waals surface area (Å²) in [6.45, 7) is 6.72. The minimum absolute atomic E-state index is 0.0287. The van der Waals surface area contributed by atoms with Gasteiger partial charge in [-0.1, -0.05) is 19.0 Å². The van der Waals surface area contributed by atoms with Gasteiger partial charge in [0.2, 0.25) is 0 Å². The van der Waals surface area contributed by atoms with Crippen LogP contribution in [0, 0.1) is 12.8 Å². The molecule has 0 spiro atoms. The number of piperidine rings is 1. The van der Waals surface area contributed by atoms with E-state index in [2.05, 4.69) is 17.4 Å². The first-order valence-electron chi connectivity index (χ1n) is 8.16. The van der Waals surface area contributed by atoms with Crippen LogP contribution in [-0.2, 0) is 6.42 Å². The van der Waals surface area contributed by atoms with Gasteiger partial charge in [-0.25, -0.2) is 4.79 Å². The van der Waals surface area contributed by atoms with E-state index in [1.807, 2.05) is 30.9 Å². The summed E-state index contributed by atoms with van der Waals surface area (Å²) in [7, 11) is 0. The molecule has 3 rings (SSSR count). The van der Waals surface area contributed by atoms with Gasteiger partial charge in [-0.15, -0.1) is 0 Å². The van der Waals surface area contributed by atoms with Crippen LogP contribution >= 0.6 is 0 Å². The number of aryl methyl sites for hydroxylation is 2. The van der Waals surface area contributed by atoms with Crippen LogP contribution in [-0.4, -0.2) is 22.6 Å². The van der Waals surface area contributed by atoms with Crippen LogP contribution in [0.2, 0.25) is 0 Å². The molecule has 0 unspecified atom stereocenters. The number of nitrogens with one attached hydrogen (secondary N) is 1. The Morgan fingerprint density at radius 1 is 1.52 bits per heavy atom. The molecule has 0 bridgehead atoms. The maximum atomic E-state index is 12.8. The number of hydrogen-bond donors (Lipinski definition) is 1. The lowest BCUT2D eigenvalue weighted by Gasteiger charge is -2.37. The van der Waals surface area contributed by atoms with Crippen LogP contribution in [0.4, 0.5) is 10.5 Å². The van der Waals surface area contributed by atoms with Gasteiger partial charge in [0, 0.05) is 6.54 Å². The molecular formula is C17H23N3O3. The summed E-state index contributed by atoms with van der Waals surface area (Å²) in [6, 6.07) is 3.65. The second-order valence-electron chi connectivity index (χ2n) is 6.20. The van der Waals surface area contributed by atoms with Gasteiger partial charge in [-0.2, -0.15) is 0 Å². The molecule has 0 radical (unpaired) electrons. The SMILES string of the molecule is CCc1noc(C)c1NC(=O)N1CC[C@@H](C)C[C@H]1c1ccco1. The number of aromatic nitrogens is 1. The number of carbonyl (C=O) groups is 1. The molecule has 2 aromatic rings. The number of nitrogens with zero attached hydrogens (tertiary/aromatic N) is 2. The second-order valence-corrected chi connectivity index (χ2v) is 6.20. The quantitative estimate of drug-likeness (QED) is 0.923. The fraction of sp³-hybridized carbons (Fsp3) is 0.529. The predicted molar refractivity (Wildman–Crippen MR) is 86.2 cm³/mol. The van der Waals surface area contributed by atoms with Crippen molar-refractivity contribution in [2.45, 2.75) is 46.1 Å². The Morgan fingerprint density at radius 3 is 3.04 bits per heavy atom. The maximum Gasteiger partial charge on any atom is 0.322 e. The van der Waals surface area contributed by atoms with Gasteiger partial charge in [-0.3, -0.25) is 0 Å². The molecule has 2 aromatic heterocycles. The van der Waals surface area contributed by atoms with Crippen molar-refractivity contribution < 1.29 is 13.7 Å². The van der Waals surface area contributed by atoms with Gasteiger partial charge >= 0.3 is 6.03 Å². The zero-order valence-corrected chi connectivity index (χ0v) is 13.8. The number of hydrogen-bond acceptors (Lipinski definition) is 4. The summed E-state index contributed by atoms with van der Waals surface area (Å²) in [5.74, 6) is 2.04. The van der Waals surface area contributed by atoms with Crippen LogP contribution in [0.1, 0.15) is 49.9 Å². The van der Waals surface area contributed by atoms with Gasteiger partial charge in [0.25, 0.3) is 0 Å². The highest BCUT2D eigenvalue weighted by Gasteiger charge is 2.33. The van der Waals surface area contributed by atoms with E-state index in [0.29, 0.717) is 30.3 Å². The lowest BCUT2D eigenvalue weighted by atomic mass is 9.91. The van der Waals surface area contributed by atoms with E-state index in [4.69, 9.17) is 8.94 Å². The van der Waals surface area contributed by atoms with Gasteiger partial charge < -0.3 is 19.2 Å². The van der Waals surface area contributed by atoms with Crippen molar-refractivity contribution in [3.63, 3.8) is 0 Å². The molecule has 1 aliphatic heterocycles. The number of urea groups is 1. The first kappa shape index (κ1) is 15.6. The summed E-state index contributed by atoms with van der Waals surface area (Å²) in [5.41, 5.74) is 1.46. The van der Waals surface area contributed by atoms with E-state index in [9.17, 15) is 4.79 Å². The van der Waals surface area contributed by atoms with Crippen molar-refractivity contribution in [1.82, 2.24) is 10.1 Å². The van der Waals surface area contributed by atoms with Gasteiger partial charge in [0.15, 0.2) is 5.76 Å². The van der Waals surface area contributed by atoms with Crippen molar-refractivity contribution in [3.8, 4) is 0 Å². The fourth-order valence-corrected chi connectivity index (χ4v) is 3.13. The summed E-state index contributed by atoms with van der Waals surface area (Å²) in [6.07, 6.45) is 4.27.